The summed E-state index contributed by atoms with van der Waals surface area (Å²) in [6.07, 6.45) is -1.02. The molecular formula is C20H28O5S. The molecule has 6 heteroatoms. The molecule has 0 fully saturated rings. The van der Waals surface area contributed by atoms with Crippen molar-refractivity contribution in [1.82, 2.24) is 0 Å². The first kappa shape index (κ1) is 23.8. The number of aliphatic hydroxyl groups is 1. The van der Waals surface area contributed by atoms with E-state index < -0.39 is 12.7 Å². The number of hydrogen-bond donors (Lipinski definition) is 1. The number of methoxy groups -OCH3 is 2. The highest BCUT2D eigenvalue weighted by molar-refractivity contribution is 7.59. The molecule has 0 spiro atoms. The summed E-state index contributed by atoms with van der Waals surface area (Å²) in [7, 11) is 3.08. The molecule has 0 radical (unpaired) electrons. The van der Waals surface area contributed by atoms with Crippen LogP contribution in [-0.4, -0.2) is 37.8 Å². The van der Waals surface area contributed by atoms with Crippen LogP contribution in [0.4, 0.5) is 0 Å². The zero-order chi connectivity index (χ0) is 17.7. The van der Waals surface area contributed by atoms with E-state index in [0.717, 1.165) is 11.1 Å². The SMILES string of the molecule is C.COc1ccccc1OC(CO)C(=O)c1cc(C)c(C)c(OC)c1.S. The number of ether oxygens (including phenoxy) is 3. The smallest absolute Gasteiger partial charge is 0.205 e. The summed E-state index contributed by atoms with van der Waals surface area (Å²) in [5, 5.41) is 9.62. The van der Waals surface area contributed by atoms with Gasteiger partial charge in [-0.05, 0) is 49.2 Å². The van der Waals surface area contributed by atoms with Crippen molar-refractivity contribution in [2.45, 2.75) is 27.4 Å². The van der Waals surface area contributed by atoms with Crippen LogP contribution in [0.3, 0.4) is 0 Å². The lowest BCUT2D eigenvalue weighted by molar-refractivity contribution is 0.0651. The van der Waals surface area contributed by atoms with Crippen molar-refractivity contribution in [3.8, 4) is 17.2 Å². The second-order valence-electron chi connectivity index (χ2n) is 5.42. The molecule has 26 heavy (non-hydrogen) atoms. The van der Waals surface area contributed by atoms with E-state index in [1.807, 2.05) is 13.8 Å². The maximum atomic E-state index is 12.7. The number of Topliss-reactive ketones (excluding diaryl/α,β-unsaturated/α-hetero) is 1. The van der Waals surface area contributed by atoms with Crippen LogP contribution in [0.5, 0.6) is 17.2 Å². The average Bonchev–Trinajstić information content (AvgIpc) is 2.61. The van der Waals surface area contributed by atoms with Crippen molar-refractivity contribution < 1.29 is 24.1 Å². The van der Waals surface area contributed by atoms with Crippen molar-refractivity contribution >= 4 is 19.3 Å². The molecule has 0 saturated carbocycles. The molecule has 0 aliphatic rings. The molecule has 2 rings (SSSR count). The molecule has 1 N–H and O–H groups in total. The zero-order valence-corrected chi connectivity index (χ0v) is 15.8. The Kier molecular flexibility index (Phi) is 9.83. The van der Waals surface area contributed by atoms with Gasteiger partial charge >= 0.3 is 0 Å². The standard InChI is InChI=1S/C19H22O5.CH4.H2S/c1-12-9-14(10-17(23-4)13(12)2)19(21)18(11-20)24-16-8-6-5-7-15(16)22-3;;/h5-10,18,20H,11H2,1-4H3;1H4;1H2. The van der Waals surface area contributed by atoms with Gasteiger partial charge in [-0.2, -0.15) is 13.5 Å². The number of para-hydroxylation sites is 2. The maximum Gasteiger partial charge on any atom is 0.205 e. The van der Waals surface area contributed by atoms with Crippen molar-refractivity contribution in [1.29, 1.82) is 0 Å². The first-order valence-electron chi connectivity index (χ1n) is 7.61. The Balaban J connectivity index is 0.00000312. The fraction of sp³-hybridized carbons (Fsp3) is 0.350. The third kappa shape index (κ3) is 5.16. The Bertz CT molecular complexity index is 730. The Labute approximate surface area is 162 Å². The van der Waals surface area contributed by atoms with Gasteiger partial charge in [0.15, 0.2) is 17.6 Å². The van der Waals surface area contributed by atoms with E-state index in [1.54, 1.807) is 43.5 Å². The minimum Gasteiger partial charge on any atom is -0.496 e. The van der Waals surface area contributed by atoms with Crippen LogP contribution in [0.2, 0.25) is 0 Å². The van der Waals surface area contributed by atoms with Crippen LogP contribution in [0.1, 0.15) is 28.9 Å². The van der Waals surface area contributed by atoms with Gasteiger partial charge in [0.2, 0.25) is 5.78 Å². The van der Waals surface area contributed by atoms with Gasteiger partial charge in [-0.25, -0.2) is 0 Å². The summed E-state index contributed by atoms with van der Waals surface area (Å²) in [6, 6.07) is 10.4. The number of ketones is 1. The highest BCUT2D eigenvalue weighted by atomic mass is 32.1. The minimum absolute atomic E-state index is 0. The highest BCUT2D eigenvalue weighted by Crippen LogP contribution is 2.28. The van der Waals surface area contributed by atoms with E-state index in [2.05, 4.69) is 0 Å². The summed E-state index contributed by atoms with van der Waals surface area (Å²) >= 11 is 0. The quantitative estimate of drug-likeness (QED) is 0.742. The van der Waals surface area contributed by atoms with Gasteiger partial charge in [-0.15, -0.1) is 0 Å². The number of benzene rings is 2. The van der Waals surface area contributed by atoms with E-state index in [1.165, 1.54) is 7.11 Å². The lowest BCUT2D eigenvalue weighted by atomic mass is 10.00. The molecule has 0 aliphatic carbocycles. The molecule has 5 nitrogen and oxygen atoms in total. The Morgan fingerprint density at radius 2 is 1.62 bits per heavy atom. The Hall–Kier alpha value is -2.18. The van der Waals surface area contributed by atoms with Crippen molar-refractivity contribution in [3.63, 3.8) is 0 Å². The summed E-state index contributed by atoms with van der Waals surface area (Å²) in [5.41, 5.74) is 2.34. The fourth-order valence-corrected chi connectivity index (χ4v) is 2.41. The molecule has 2 aromatic carbocycles. The average molecular weight is 381 g/mol. The van der Waals surface area contributed by atoms with E-state index in [4.69, 9.17) is 14.2 Å². The fourth-order valence-electron chi connectivity index (χ4n) is 2.41. The predicted octanol–water partition coefficient (Wildman–Crippen LogP) is 3.69. The van der Waals surface area contributed by atoms with Gasteiger partial charge < -0.3 is 19.3 Å². The third-order valence-corrected chi connectivity index (χ3v) is 3.92. The number of carbonyl (C=O) groups is 1. The molecule has 1 atom stereocenters. The molecule has 1 unspecified atom stereocenters. The number of carbonyl (C=O) groups excluding carboxylic acids is 1. The lowest BCUT2D eigenvalue weighted by Gasteiger charge is -2.19. The molecule has 0 saturated heterocycles. The van der Waals surface area contributed by atoms with Crippen LogP contribution >= 0.6 is 13.5 Å². The van der Waals surface area contributed by atoms with Crippen LogP contribution in [0, 0.1) is 13.8 Å². The zero-order valence-electron chi connectivity index (χ0n) is 14.8. The predicted molar refractivity (Wildman–Crippen MR) is 108 cm³/mol. The molecular weight excluding hydrogens is 352 g/mol. The van der Waals surface area contributed by atoms with Gasteiger partial charge in [0.25, 0.3) is 0 Å². The van der Waals surface area contributed by atoms with E-state index >= 15 is 0 Å². The summed E-state index contributed by atoms with van der Waals surface area (Å²) in [6.45, 7) is 3.40. The highest BCUT2D eigenvalue weighted by Gasteiger charge is 2.24. The largest absolute Gasteiger partial charge is 0.496 e. The van der Waals surface area contributed by atoms with Crippen LogP contribution in [0.15, 0.2) is 36.4 Å². The second kappa shape index (κ2) is 10.7. The van der Waals surface area contributed by atoms with Gasteiger partial charge in [-0.1, -0.05) is 19.6 Å². The molecule has 0 aromatic heterocycles. The van der Waals surface area contributed by atoms with Crippen molar-refractivity contribution in [2.24, 2.45) is 0 Å². The monoisotopic (exact) mass is 380 g/mol. The third-order valence-electron chi connectivity index (χ3n) is 3.92. The van der Waals surface area contributed by atoms with Crippen molar-refractivity contribution in [2.75, 3.05) is 20.8 Å². The van der Waals surface area contributed by atoms with Gasteiger partial charge in [0.05, 0.1) is 20.8 Å². The number of hydrogen-bond acceptors (Lipinski definition) is 5. The molecule has 0 amide bonds. The van der Waals surface area contributed by atoms with E-state index in [9.17, 15) is 9.90 Å². The topological polar surface area (TPSA) is 65.0 Å². The van der Waals surface area contributed by atoms with Crippen LogP contribution < -0.4 is 14.2 Å². The second-order valence-corrected chi connectivity index (χ2v) is 5.42. The Morgan fingerprint density at radius 3 is 2.15 bits per heavy atom. The molecule has 0 aliphatic heterocycles. The van der Waals surface area contributed by atoms with Crippen molar-refractivity contribution in [3.05, 3.63) is 53.1 Å². The lowest BCUT2D eigenvalue weighted by Crippen LogP contribution is -2.31. The normalized spacial score (nSPS) is 10.8. The van der Waals surface area contributed by atoms with Gasteiger partial charge in [-0.3, -0.25) is 4.79 Å². The van der Waals surface area contributed by atoms with E-state index in [0.29, 0.717) is 22.8 Å². The molecule has 0 heterocycles. The van der Waals surface area contributed by atoms with Crippen LogP contribution in [-0.2, 0) is 0 Å². The number of aryl methyl sites for hydroxylation is 1. The minimum atomic E-state index is -1.02. The van der Waals surface area contributed by atoms with Gasteiger partial charge in [0, 0.05) is 5.56 Å². The number of aliphatic hydroxyl groups excluding tert-OH is 1. The maximum absolute atomic E-state index is 12.7. The van der Waals surface area contributed by atoms with Crippen LogP contribution in [0.25, 0.3) is 0 Å². The Morgan fingerprint density at radius 1 is 1.04 bits per heavy atom. The summed E-state index contributed by atoms with van der Waals surface area (Å²) < 4.78 is 16.2. The van der Waals surface area contributed by atoms with E-state index in [-0.39, 0.29) is 26.7 Å². The number of rotatable bonds is 7. The summed E-state index contributed by atoms with van der Waals surface area (Å²) in [4.78, 5) is 12.7. The summed E-state index contributed by atoms with van der Waals surface area (Å²) in [5.74, 6) is 1.22. The first-order chi connectivity index (χ1) is 11.5. The first-order valence-corrected chi connectivity index (χ1v) is 7.61. The molecule has 2 aromatic rings. The molecule has 0 bridgehead atoms. The molecule has 144 valence electrons. The van der Waals surface area contributed by atoms with Gasteiger partial charge in [0.1, 0.15) is 5.75 Å².